The molecule has 1 aromatic rings. The number of nitrogens with one attached hydrogen (secondary N) is 1. The summed E-state index contributed by atoms with van der Waals surface area (Å²) in [5.74, 6) is 0. The molecule has 0 saturated heterocycles. The molecule has 1 amide bonds. The van der Waals surface area contributed by atoms with Gasteiger partial charge in [-0.05, 0) is 57.4 Å². The smallest absolute Gasteiger partial charge is 0.412 e. The highest BCUT2D eigenvalue weighted by atomic mass is 35.5. The minimum Gasteiger partial charge on any atom is -0.444 e. The number of aliphatic hydroxyl groups excluding tert-OH is 1. The van der Waals surface area contributed by atoms with Crippen molar-refractivity contribution in [3.8, 4) is 0 Å². The first-order valence-electron chi connectivity index (χ1n) is 7.33. The van der Waals surface area contributed by atoms with Crippen molar-refractivity contribution in [3.63, 3.8) is 0 Å². The molecule has 0 atom stereocenters. The molecule has 0 heterocycles. The normalized spacial score (nSPS) is 24.5. The third-order valence-corrected chi connectivity index (χ3v) is 4.07. The summed E-state index contributed by atoms with van der Waals surface area (Å²) in [7, 11) is 0. The van der Waals surface area contributed by atoms with Crippen molar-refractivity contribution in [1.82, 2.24) is 0 Å². The van der Waals surface area contributed by atoms with Gasteiger partial charge in [0.25, 0.3) is 0 Å². The van der Waals surface area contributed by atoms with Gasteiger partial charge in [0.2, 0.25) is 0 Å². The largest absolute Gasteiger partial charge is 0.444 e. The van der Waals surface area contributed by atoms with Gasteiger partial charge in [-0.15, -0.1) is 0 Å². The number of aliphatic hydroxyl groups is 1. The van der Waals surface area contributed by atoms with Crippen LogP contribution >= 0.6 is 11.6 Å². The van der Waals surface area contributed by atoms with E-state index in [1.807, 2.05) is 0 Å². The molecular weight excluding hydrogens is 304 g/mol. The van der Waals surface area contributed by atoms with Crippen LogP contribution in [-0.2, 0) is 10.2 Å². The Kier molecular flexibility index (Phi) is 4.70. The van der Waals surface area contributed by atoms with E-state index >= 15 is 0 Å². The van der Waals surface area contributed by atoms with Crippen LogP contribution in [0.2, 0.25) is 5.02 Å². The molecule has 0 aliphatic heterocycles. The molecule has 4 N–H and O–H groups in total. The van der Waals surface area contributed by atoms with Crippen LogP contribution in [0.4, 0.5) is 10.5 Å². The average molecular weight is 327 g/mol. The minimum atomic E-state index is -0.575. The highest BCUT2D eigenvalue weighted by Gasteiger charge is 2.45. The standard InChI is InChI=1S/C16H23ClN2O3/c1-15(2,3)22-14(21)19-13-5-4-10(17)6-12(13)16(9-18)7-11(20)8-16/h4-6,11,20H,7-9,18H2,1-3H3,(H,19,21). The Labute approximate surface area is 135 Å². The Bertz CT molecular complexity index is 563. The van der Waals surface area contributed by atoms with Crippen molar-refractivity contribution >= 4 is 23.4 Å². The summed E-state index contributed by atoms with van der Waals surface area (Å²) in [4.78, 5) is 12.0. The average Bonchev–Trinajstić information content (AvgIpc) is 2.34. The van der Waals surface area contributed by atoms with E-state index in [2.05, 4.69) is 5.32 Å². The van der Waals surface area contributed by atoms with E-state index < -0.39 is 11.7 Å². The molecule has 1 saturated carbocycles. The fourth-order valence-electron chi connectivity index (χ4n) is 2.82. The monoisotopic (exact) mass is 326 g/mol. The number of halogens is 1. The van der Waals surface area contributed by atoms with E-state index in [1.165, 1.54) is 0 Å². The van der Waals surface area contributed by atoms with E-state index in [1.54, 1.807) is 39.0 Å². The topological polar surface area (TPSA) is 84.6 Å². The van der Waals surface area contributed by atoms with Gasteiger partial charge in [0.15, 0.2) is 0 Å². The van der Waals surface area contributed by atoms with Crippen molar-refractivity contribution in [2.45, 2.75) is 50.7 Å². The summed E-state index contributed by atoms with van der Waals surface area (Å²) < 4.78 is 5.28. The first-order chi connectivity index (χ1) is 10.1. The zero-order valence-electron chi connectivity index (χ0n) is 13.1. The molecule has 1 aliphatic rings. The molecule has 6 heteroatoms. The molecule has 122 valence electrons. The molecule has 0 bridgehead atoms. The van der Waals surface area contributed by atoms with Gasteiger partial charge in [0.1, 0.15) is 5.60 Å². The van der Waals surface area contributed by atoms with Crippen molar-refractivity contribution in [2.24, 2.45) is 5.73 Å². The first-order valence-corrected chi connectivity index (χ1v) is 7.71. The Morgan fingerprint density at radius 2 is 2.14 bits per heavy atom. The fraction of sp³-hybridized carbons (Fsp3) is 0.562. The number of hydrogen-bond acceptors (Lipinski definition) is 4. The second-order valence-electron chi connectivity index (χ2n) is 6.86. The van der Waals surface area contributed by atoms with E-state index in [9.17, 15) is 9.90 Å². The molecule has 0 spiro atoms. The van der Waals surface area contributed by atoms with Gasteiger partial charge in [-0.1, -0.05) is 11.6 Å². The maximum Gasteiger partial charge on any atom is 0.412 e. The molecule has 5 nitrogen and oxygen atoms in total. The van der Waals surface area contributed by atoms with Crippen LogP contribution in [0.25, 0.3) is 0 Å². The summed E-state index contributed by atoms with van der Waals surface area (Å²) in [6.45, 7) is 5.80. The molecule has 1 aliphatic carbocycles. The number of nitrogens with two attached hydrogens (primary N) is 1. The molecular formula is C16H23ClN2O3. The van der Waals surface area contributed by atoms with E-state index in [0.29, 0.717) is 30.1 Å². The minimum absolute atomic E-state index is 0.353. The van der Waals surface area contributed by atoms with Crippen LogP contribution in [0.5, 0.6) is 0 Å². The second kappa shape index (κ2) is 6.07. The summed E-state index contributed by atoms with van der Waals surface area (Å²) in [6.07, 6.45) is 0.236. The van der Waals surface area contributed by atoms with Crippen LogP contribution in [-0.4, -0.2) is 29.4 Å². The lowest BCUT2D eigenvalue weighted by Crippen LogP contribution is -2.50. The zero-order valence-corrected chi connectivity index (χ0v) is 13.9. The third kappa shape index (κ3) is 3.72. The van der Waals surface area contributed by atoms with E-state index in [4.69, 9.17) is 22.1 Å². The molecule has 0 unspecified atom stereocenters. The van der Waals surface area contributed by atoms with Crippen molar-refractivity contribution < 1.29 is 14.6 Å². The number of anilines is 1. The SMILES string of the molecule is CC(C)(C)OC(=O)Nc1ccc(Cl)cc1C1(CN)CC(O)C1. The summed E-state index contributed by atoms with van der Waals surface area (Å²) in [6, 6.07) is 5.24. The second-order valence-corrected chi connectivity index (χ2v) is 7.30. The molecule has 2 rings (SSSR count). The number of benzene rings is 1. The highest BCUT2D eigenvalue weighted by molar-refractivity contribution is 6.30. The maximum absolute atomic E-state index is 12.0. The molecule has 0 radical (unpaired) electrons. The fourth-order valence-corrected chi connectivity index (χ4v) is 2.99. The first kappa shape index (κ1) is 17.1. The summed E-state index contributed by atoms with van der Waals surface area (Å²) >= 11 is 6.09. The maximum atomic E-state index is 12.0. The number of rotatable bonds is 3. The molecule has 22 heavy (non-hydrogen) atoms. The Balaban J connectivity index is 2.27. The molecule has 1 aromatic carbocycles. The predicted molar refractivity (Wildman–Crippen MR) is 87.3 cm³/mol. The number of amides is 1. The van der Waals surface area contributed by atoms with Crippen LogP contribution in [0.3, 0.4) is 0 Å². The zero-order chi connectivity index (χ0) is 16.5. The Morgan fingerprint density at radius 3 is 2.64 bits per heavy atom. The lowest BCUT2D eigenvalue weighted by Gasteiger charge is -2.46. The van der Waals surface area contributed by atoms with Crippen molar-refractivity contribution in [2.75, 3.05) is 11.9 Å². The highest BCUT2D eigenvalue weighted by Crippen LogP contribution is 2.46. The molecule has 0 aromatic heterocycles. The van der Waals surface area contributed by atoms with Gasteiger partial charge in [0.05, 0.1) is 6.10 Å². The number of ether oxygens (including phenoxy) is 1. The predicted octanol–water partition coefficient (Wildman–Crippen LogP) is 3.04. The Hall–Kier alpha value is -1.30. The number of carbonyl (C=O) groups is 1. The van der Waals surface area contributed by atoms with Gasteiger partial charge < -0.3 is 15.6 Å². The van der Waals surface area contributed by atoms with Gasteiger partial charge in [-0.3, -0.25) is 5.32 Å². The van der Waals surface area contributed by atoms with Gasteiger partial charge in [-0.25, -0.2) is 4.79 Å². The van der Waals surface area contributed by atoms with Crippen LogP contribution in [0.1, 0.15) is 39.2 Å². The number of hydrogen-bond donors (Lipinski definition) is 3. The lowest BCUT2D eigenvalue weighted by molar-refractivity contribution is 0.0225. The van der Waals surface area contributed by atoms with Crippen LogP contribution < -0.4 is 11.1 Å². The van der Waals surface area contributed by atoms with Crippen LogP contribution in [0, 0.1) is 0 Å². The van der Waals surface area contributed by atoms with Crippen molar-refractivity contribution in [3.05, 3.63) is 28.8 Å². The van der Waals surface area contributed by atoms with Gasteiger partial charge in [-0.2, -0.15) is 0 Å². The lowest BCUT2D eigenvalue weighted by atomic mass is 9.62. The number of carbonyl (C=O) groups excluding carboxylic acids is 1. The third-order valence-electron chi connectivity index (χ3n) is 3.83. The van der Waals surface area contributed by atoms with E-state index in [-0.39, 0.29) is 11.5 Å². The quantitative estimate of drug-likeness (QED) is 0.797. The van der Waals surface area contributed by atoms with Crippen molar-refractivity contribution in [1.29, 1.82) is 0 Å². The molecule has 1 fully saturated rings. The summed E-state index contributed by atoms with van der Waals surface area (Å²) in [5, 5.41) is 13.0. The van der Waals surface area contributed by atoms with Gasteiger partial charge >= 0.3 is 6.09 Å². The van der Waals surface area contributed by atoms with Crippen LogP contribution in [0.15, 0.2) is 18.2 Å². The summed E-state index contributed by atoms with van der Waals surface area (Å²) in [5.41, 5.74) is 6.46. The van der Waals surface area contributed by atoms with Gasteiger partial charge in [0, 0.05) is 22.7 Å². The Morgan fingerprint density at radius 1 is 1.50 bits per heavy atom. The van der Waals surface area contributed by atoms with E-state index in [0.717, 1.165) is 5.56 Å².